The molecule has 0 atom stereocenters. The number of hydrogen-bond donors (Lipinski definition) is 3. The fourth-order valence-corrected chi connectivity index (χ4v) is 1.53. The summed E-state index contributed by atoms with van der Waals surface area (Å²) in [6.45, 7) is 4.88. The van der Waals surface area contributed by atoms with Gasteiger partial charge in [0.05, 0.1) is 0 Å². The molecular weight excluding hydrogens is 286 g/mol. The molecule has 0 spiro atoms. The summed E-state index contributed by atoms with van der Waals surface area (Å²) in [6.07, 6.45) is 17.1. The molecule has 5 nitrogen and oxygen atoms in total. The Kier molecular flexibility index (Phi) is 22.5. The molecule has 23 heavy (non-hydrogen) atoms. The van der Waals surface area contributed by atoms with E-state index in [2.05, 4.69) is 22.2 Å². The lowest BCUT2D eigenvalue weighted by Gasteiger charge is -2.03. The maximum absolute atomic E-state index is 5.72. The van der Waals surface area contributed by atoms with Crippen molar-refractivity contribution in [3.05, 3.63) is 36.6 Å². The highest BCUT2D eigenvalue weighted by atomic mass is 15.2. The lowest BCUT2D eigenvalue weighted by molar-refractivity contribution is 0.638. The zero-order chi connectivity index (χ0) is 15.8. The Hall–Kier alpha value is -2.04. The smallest absolute Gasteiger partial charge is 0.200 e. The van der Waals surface area contributed by atoms with Crippen LogP contribution in [0, 0.1) is 0 Å². The van der Waals surface area contributed by atoms with Gasteiger partial charge in [0.15, 0.2) is 11.9 Å². The second kappa shape index (κ2) is 20.0. The van der Waals surface area contributed by atoms with Crippen LogP contribution in [0.4, 0.5) is 0 Å². The Bertz CT molecular complexity index is 392. The van der Waals surface area contributed by atoms with Crippen LogP contribution in [0.1, 0.15) is 60.8 Å². The summed E-state index contributed by atoms with van der Waals surface area (Å²) >= 11 is 0. The highest BCUT2D eigenvalue weighted by Crippen LogP contribution is 2.01. The molecule has 0 aromatic rings. The minimum absolute atomic E-state index is 0. The first-order valence-electron chi connectivity index (χ1n) is 7.55. The van der Waals surface area contributed by atoms with E-state index >= 15 is 0 Å². The van der Waals surface area contributed by atoms with Crippen molar-refractivity contribution in [3.63, 3.8) is 0 Å². The molecule has 0 saturated carbocycles. The molecule has 5 N–H and O–H groups in total. The van der Waals surface area contributed by atoms with Crippen molar-refractivity contribution in [2.75, 3.05) is 6.54 Å². The van der Waals surface area contributed by atoms with E-state index in [-0.39, 0.29) is 20.8 Å². The fraction of sp³-hybridized carbons (Fsp3) is 0.556. The maximum atomic E-state index is 5.72. The van der Waals surface area contributed by atoms with Crippen LogP contribution in [-0.2, 0) is 0 Å². The number of nitrogens with two attached hydrogens (primary N) is 2. The predicted molar refractivity (Wildman–Crippen MR) is 107 cm³/mol. The summed E-state index contributed by atoms with van der Waals surface area (Å²) < 4.78 is 0. The van der Waals surface area contributed by atoms with Gasteiger partial charge in [-0.2, -0.15) is 0 Å². The van der Waals surface area contributed by atoms with Crippen LogP contribution in [0.15, 0.2) is 46.6 Å². The molecule has 0 aromatic carbocycles. The van der Waals surface area contributed by atoms with E-state index in [0.717, 1.165) is 13.0 Å². The molecule has 0 aliphatic heterocycles. The molecule has 0 saturated heterocycles. The molecule has 134 valence electrons. The third-order valence-corrected chi connectivity index (χ3v) is 2.63. The summed E-state index contributed by atoms with van der Waals surface area (Å²) in [7, 11) is 0. The lowest BCUT2D eigenvalue weighted by Crippen LogP contribution is -2.41. The number of unbranched alkanes of at least 4 members (excludes halogenated alkanes) is 4. The van der Waals surface area contributed by atoms with Gasteiger partial charge in [-0.25, -0.2) is 4.99 Å². The molecule has 0 fully saturated rings. The second-order valence-electron chi connectivity index (χ2n) is 4.57. The van der Waals surface area contributed by atoms with Crippen LogP contribution < -0.4 is 16.8 Å². The van der Waals surface area contributed by atoms with Gasteiger partial charge in [-0.3, -0.25) is 10.3 Å². The second-order valence-corrected chi connectivity index (χ2v) is 4.57. The van der Waals surface area contributed by atoms with Crippen molar-refractivity contribution in [3.8, 4) is 0 Å². The number of nitrogens with zero attached hydrogens (tertiary/aromatic N) is 2. The first-order valence-corrected chi connectivity index (χ1v) is 7.55. The highest BCUT2D eigenvalue weighted by molar-refractivity contribution is 5.97. The van der Waals surface area contributed by atoms with E-state index in [1.54, 1.807) is 12.3 Å². The van der Waals surface area contributed by atoms with E-state index in [4.69, 9.17) is 11.5 Å². The normalized spacial score (nSPS) is 12.6. The van der Waals surface area contributed by atoms with Crippen LogP contribution in [-0.4, -0.2) is 18.5 Å². The monoisotopic (exact) mass is 323 g/mol. The summed E-state index contributed by atoms with van der Waals surface area (Å²) in [5, 5.41) is 2.75. The van der Waals surface area contributed by atoms with E-state index in [1.807, 2.05) is 31.2 Å². The maximum Gasteiger partial charge on any atom is 0.200 e. The standard InChI is InChI=1S/C16H29N5.2CH4/c1-3-5-7-9-11-13-19-15(17)21-16(18)20-14-12-10-8-6-4-2;;/h3,5,7,9,11,13H,4,6,8,10,12,14H2,1-2H3,(H5,17,18,19,20,21);2*1H4/b5-3+,9-7+,13-11+;;. The summed E-state index contributed by atoms with van der Waals surface area (Å²) in [6, 6.07) is 0. The molecular formula is C18H37N5. The lowest BCUT2D eigenvalue weighted by atomic mass is 10.2. The van der Waals surface area contributed by atoms with E-state index < -0.39 is 0 Å². The molecule has 0 aliphatic rings. The van der Waals surface area contributed by atoms with Gasteiger partial charge < -0.3 is 11.5 Å². The molecule has 0 unspecified atom stereocenters. The molecule has 0 amide bonds. The predicted octanol–water partition coefficient (Wildman–Crippen LogP) is 4.09. The number of rotatable bonds is 9. The Morgan fingerprint density at radius 3 is 2.22 bits per heavy atom. The quantitative estimate of drug-likeness (QED) is 0.258. The van der Waals surface area contributed by atoms with Gasteiger partial charge in [0.25, 0.3) is 0 Å². The minimum atomic E-state index is 0. The van der Waals surface area contributed by atoms with Gasteiger partial charge in [0.2, 0.25) is 0 Å². The Morgan fingerprint density at radius 1 is 0.913 bits per heavy atom. The SMILES string of the molecule is C.C.C/C=C/C=C/C=C/N=C(N)NC(N)=NCCCCCCC. The Balaban J connectivity index is -0.00000200. The van der Waals surface area contributed by atoms with Gasteiger partial charge in [-0.1, -0.05) is 71.8 Å². The number of aliphatic imine (C=N–C) groups is 2. The van der Waals surface area contributed by atoms with Crippen LogP contribution in [0.25, 0.3) is 0 Å². The van der Waals surface area contributed by atoms with Crippen LogP contribution in [0.5, 0.6) is 0 Å². The molecule has 0 radical (unpaired) electrons. The number of nitrogens with one attached hydrogen (secondary N) is 1. The van der Waals surface area contributed by atoms with E-state index in [9.17, 15) is 0 Å². The largest absolute Gasteiger partial charge is 0.370 e. The third-order valence-electron chi connectivity index (χ3n) is 2.63. The number of hydrogen-bond acceptors (Lipinski definition) is 2. The highest BCUT2D eigenvalue weighted by Gasteiger charge is 1.93. The van der Waals surface area contributed by atoms with Crippen molar-refractivity contribution >= 4 is 11.9 Å². The van der Waals surface area contributed by atoms with Crippen LogP contribution in [0.2, 0.25) is 0 Å². The summed E-state index contributed by atoms with van der Waals surface area (Å²) in [5.74, 6) is 0.544. The molecule has 0 rings (SSSR count). The summed E-state index contributed by atoms with van der Waals surface area (Å²) in [4.78, 5) is 8.20. The molecule has 0 bridgehead atoms. The molecule has 5 heteroatoms. The van der Waals surface area contributed by atoms with Crippen LogP contribution >= 0.6 is 0 Å². The van der Waals surface area contributed by atoms with Gasteiger partial charge in [0.1, 0.15) is 0 Å². The molecule has 0 aliphatic carbocycles. The third kappa shape index (κ3) is 20.0. The first-order chi connectivity index (χ1) is 10.2. The van der Waals surface area contributed by atoms with Gasteiger partial charge in [-0.05, 0) is 19.4 Å². The van der Waals surface area contributed by atoms with Crippen LogP contribution in [0.3, 0.4) is 0 Å². The Labute approximate surface area is 143 Å². The zero-order valence-electron chi connectivity index (χ0n) is 13.3. The van der Waals surface area contributed by atoms with Crippen molar-refractivity contribution in [2.45, 2.75) is 60.8 Å². The Morgan fingerprint density at radius 2 is 1.57 bits per heavy atom. The van der Waals surface area contributed by atoms with Crippen molar-refractivity contribution in [1.29, 1.82) is 0 Å². The zero-order valence-corrected chi connectivity index (χ0v) is 13.3. The summed E-state index contributed by atoms with van der Waals surface area (Å²) in [5.41, 5.74) is 11.4. The minimum Gasteiger partial charge on any atom is -0.370 e. The topological polar surface area (TPSA) is 88.8 Å². The van der Waals surface area contributed by atoms with E-state index in [0.29, 0.717) is 5.96 Å². The average molecular weight is 324 g/mol. The number of guanidine groups is 2. The van der Waals surface area contributed by atoms with Crippen molar-refractivity contribution < 1.29 is 0 Å². The van der Waals surface area contributed by atoms with Gasteiger partial charge in [0, 0.05) is 12.7 Å². The average Bonchev–Trinajstić information content (AvgIpc) is 2.46. The van der Waals surface area contributed by atoms with E-state index in [1.165, 1.54) is 25.7 Å². The van der Waals surface area contributed by atoms with Crippen molar-refractivity contribution in [1.82, 2.24) is 5.32 Å². The first kappa shape index (κ1) is 25.9. The molecule has 0 aromatic heterocycles. The van der Waals surface area contributed by atoms with Crippen molar-refractivity contribution in [2.24, 2.45) is 21.5 Å². The molecule has 0 heterocycles. The van der Waals surface area contributed by atoms with Gasteiger partial charge >= 0.3 is 0 Å². The van der Waals surface area contributed by atoms with Gasteiger partial charge in [-0.15, -0.1) is 0 Å². The fourth-order valence-electron chi connectivity index (χ4n) is 1.53. The number of allylic oxidation sites excluding steroid dienone is 5.